The third-order valence-corrected chi connectivity index (χ3v) is 5.46. The Hall–Kier alpha value is -0.620. The summed E-state index contributed by atoms with van der Waals surface area (Å²) in [4.78, 5) is 11.6. The lowest BCUT2D eigenvalue weighted by atomic mass is 9.90. The molecule has 19 heavy (non-hydrogen) atoms. The second-order valence-corrected chi connectivity index (χ2v) is 8.28. The van der Waals surface area contributed by atoms with Gasteiger partial charge in [-0.3, -0.25) is 4.79 Å². The van der Waals surface area contributed by atoms with Crippen molar-refractivity contribution >= 4 is 15.8 Å². The third kappa shape index (κ3) is 4.45. The van der Waals surface area contributed by atoms with Gasteiger partial charge in [-0.15, -0.1) is 0 Å². The van der Waals surface area contributed by atoms with Gasteiger partial charge in [0.05, 0.1) is 17.8 Å². The van der Waals surface area contributed by atoms with E-state index in [0.717, 1.165) is 19.3 Å². The lowest BCUT2D eigenvalue weighted by Crippen LogP contribution is -2.50. The molecule has 0 heterocycles. The Morgan fingerprint density at radius 2 is 1.89 bits per heavy atom. The molecule has 1 aliphatic carbocycles. The molecule has 2 atom stereocenters. The Bertz CT molecular complexity index is 416. The van der Waals surface area contributed by atoms with Crippen LogP contribution in [0, 0.1) is 5.41 Å². The van der Waals surface area contributed by atoms with E-state index >= 15 is 0 Å². The SMILES string of the molecule is COC(=O)C(C)(C)CN[C@H]1CCCC[C@@H]1S(C)(=O)=O. The Balaban J connectivity index is 2.67. The number of carbonyl (C=O) groups is 1. The molecule has 1 saturated carbocycles. The predicted molar refractivity (Wildman–Crippen MR) is 74.7 cm³/mol. The fourth-order valence-corrected chi connectivity index (χ4v) is 4.00. The topological polar surface area (TPSA) is 72.5 Å². The summed E-state index contributed by atoms with van der Waals surface area (Å²) in [5.74, 6) is -0.285. The highest BCUT2D eigenvalue weighted by molar-refractivity contribution is 7.91. The molecule has 0 radical (unpaired) electrons. The minimum Gasteiger partial charge on any atom is -0.469 e. The molecular weight excluding hydrogens is 266 g/mol. The molecule has 6 heteroatoms. The average molecular weight is 291 g/mol. The van der Waals surface area contributed by atoms with Crippen LogP contribution in [0.2, 0.25) is 0 Å². The van der Waals surface area contributed by atoms with Crippen LogP contribution in [0.4, 0.5) is 0 Å². The van der Waals surface area contributed by atoms with Crippen LogP contribution in [0.5, 0.6) is 0 Å². The van der Waals surface area contributed by atoms with Crippen LogP contribution in [0.1, 0.15) is 39.5 Å². The van der Waals surface area contributed by atoms with Crippen molar-refractivity contribution in [1.82, 2.24) is 5.32 Å². The maximum atomic E-state index is 11.8. The molecule has 112 valence electrons. The minimum absolute atomic E-state index is 0.0623. The molecule has 0 aromatic heterocycles. The summed E-state index contributed by atoms with van der Waals surface area (Å²) in [5.41, 5.74) is -0.645. The summed E-state index contributed by atoms with van der Waals surface area (Å²) in [5, 5.41) is 2.92. The molecule has 5 nitrogen and oxygen atoms in total. The van der Waals surface area contributed by atoms with Gasteiger partial charge in [0, 0.05) is 18.8 Å². The maximum Gasteiger partial charge on any atom is 0.312 e. The van der Waals surface area contributed by atoms with Crippen LogP contribution in [0.3, 0.4) is 0 Å². The predicted octanol–water partition coefficient (Wildman–Crippen LogP) is 1.13. The highest BCUT2D eigenvalue weighted by Gasteiger charge is 2.35. The zero-order valence-electron chi connectivity index (χ0n) is 12.2. The number of hydrogen-bond acceptors (Lipinski definition) is 5. The first-order valence-electron chi connectivity index (χ1n) is 6.69. The van der Waals surface area contributed by atoms with Gasteiger partial charge in [-0.1, -0.05) is 12.8 Å². The fourth-order valence-electron chi connectivity index (χ4n) is 2.58. The number of methoxy groups -OCH3 is 1. The van der Waals surface area contributed by atoms with E-state index in [1.807, 2.05) is 0 Å². The number of sulfone groups is 1. The summed E-state index contributed by atoms with van der Waals surface area (Å²) in [7, 11) is -1.68. The Kier molecular flexibility index (Phi) is 5.38. The molecule has 0 aromatic carbocycles. The third-order valence-electron chi connectivity index (χ3n) is 3.80. The van der Waals surface area contributed by atoms with Gasteiger partial charge >= 0.3 is 5.97 Å². The Morgan fingerprint density at radius 3 is 2.42 bits per heavy atom. The normalized spacial score (nSPS) is 25.1. The first kappa shape index (κ1) is 16.4. The summed E-state index contributed by atoms with van der Waals surface area (Å²) in [6.45, 7) is 4.02. The summed E-state index contributed by atoms with van der Waals surface area (Å²) < 4.78 is 28.3. The Labute approximate surface area is 116 Å². The molecule has 1 rings (SSSR count). The van der Waals surface area contributed by atoms with Gasteiger partial charge in [0.15, 0.2) is 9.84 Å². The van der Waals surface area contributed by atoms with Crippen molar-refractivity contribution in [2.24, 2.45) is 5.41 Å². The molecule has 0 amide bonds. The van der Waals surface area contributed by atoms with E-state index in [4.69, 9.17) is 4.74 Å². The minimum atomic E-state index is -3.05. The van der Waals surface area contributed by atoms with Gasteiger partial charge in [-0.25, -0.2) is 8.42 Å². The number of hydrogen-bond donors (Lipinski definition) is 1. The van der Waals surface area contributed by atoms with Crippen LogP contribution >= 0.6 is 0 Å². The quantitative estimate of drug-likeness (QED) is 0.769. The first-order chi connectivity index (χ1) is 8.68. The Morgan fingerprint density at radius 1 is 1.32 bits per heavy atom. The van der Waals surface area contributed by atoms with Crippen LogP contribution in [0.15, 0.2) is 0 Å². The maximum absolute atomic E-state index is 11.8. The lowest BCUT2D eigenvalue weighted by molar-refractivity contribution is -0.150. The van der Waals surface area contributed by atoms with E-state index in [-0.39, 0.29) is 17.3 Å². The highest BCUT2D eigenvalue weighted by Crippen LogP contribution is 2.25. The summed E-state index contributed by atoms with van der Waals surface area (Å²) >= 11 is 0. The molecule has 0 spiro atoms. The van der Waals surface area contributed by atoms with Crippen LogP contribution in [-0.2, 0) is 19.4 Å². The van der Waals surface area contributed by atoms with Crippen molar-refractivity contribution in [2.75, 3.05) is 19.9 Å². The molecular formula is C13H25NO4S. The van der Waals surface area contributed by atoms with E-state index in [2.05, 4.69) is 5.32 Å². The number of rotatable bonds is 5. The molecule has 1 aliphatic rings. The van der Waals surface area contributed by atoms with Crippen LogP contribution < -0.4 is 5.32 Å². The van der Waals surface area contributed by atoms with E-state index in [0.29, 0.717) is 13.0 Å². The van der Waals surface area contributed by atoms with Gasteiger partial charge in [0.25, 0.3) is 0 Å². The van der Waals surface area contributed by atoms with Crippen molar-refractivity contribution in [3.8, 4) is 0 Å². The molecule has 0 saturated heterocycles. The molecule has 0 aliphatic heterocycles. The molecule has 0 unspecified atom stereocenters. The average Bonchev–Trinajstić information content (AvgIpc) is 2.34. The van der Waals surface area contributed by atoms with Crippen LogP contribution in [0.25, 0.3) is 0 Å². The first-order valence-corrected chi connectivity index (χ1v) is 8.64. The zero-order chi connectivity index (χ0) is 14.7. The summed E-state index contributed by atoms with van der Waals surface area (Å²) in [6.07, 6.45) is 4.83. The van der Waals surface area contributed by atoms with Gasteiger partial charge in [0.1, 0.15) is 0 Å². The van der Waals surface area contributed by atoms with Crippen molar-refractivity contribution in [2.45, 2.75) is 50.8 Å². The van der Waals surface area contributed by atoms with E-state index in [1.54, 1.807) is 13.8 Å². The largest absolute Gasteiger partial charge is 0.469 e. The monoisotopic (exact) mass is 291 g/mol. The van der Waals surface area contributed by atoms with Crippen molar-refractivity contribution < 1.29 is 17.9 Å². The van der Waals surface area contributed by atoms with Gasteiger partial charge in [-0.05, 0) is 26.7 Å². The van der Waals surface area contributed by atoms with Crippen LogP contribution in [-0.4, -0.2) is 45.6 Å². The number of carbonyl (C=O) groups excluding carboxylic acids is 1. The van der Waals surface area contributed by atoms with Crippen molar-refractivity contribution in [3.05, 3.63) is 0 Å². The van der Waals surface area contributed by atoms with E-state index in [9.17, 15) is 13.2 Å². The van der Waals surface area contributed by atoms with Gasteiger partial charge in [0.2, 0.25) is 0 Å². The standard InChI is InChI=1S/C13H25NO4S/c1-13(2,12(15)18-3)9-14-10-7-5-6-8-11(10)19(4,16)17/h10-11,14H,5-9H2,1-4H3/t10-,11-/m0/s1. The number of ether oxygens (including phenoxy) is 1. The second-order valence-electron chi connectivity index (χ2n) is 6.02. The lowest BCUT2D eigenvalue weighted by Gasteiger charge is -2.33. The van der Waals surface area contributed by atoms with E-state index in [1.165, 1.54) is 13.4 Å². The molecule has 0 bridgehead atoms. The van der Waals surface area contributed by atoms with E-state index < -0.39 is 15.3 Å². The zero-order valence-corrected chi connectivity index (χ0v) is 13.0. The van der Waals surface area contributed by atoms with Gasteiger partial charge in [-0.2, -0.15) is 0 Å². The van der Waals surface area contributed by atoms with Crippen molar-refractivity contribution in [1.29, 1.82) is 0 Å². The molecule has 1 N–H and O–H groups in total. The molecule has 1 fully saturated rings. The smallest absolute Gasteiger partial charge is 0.312 e. The second kappa shape index (κ2) is 6.22. The number of nitrogens with one attached hydrogen (secondary N) is 1. The highest BCUT2D eigenvalue weighted by atomic mass is 32.2. The number of esters is 1. The van der Waals surface area contributed by atoms with Crippen molar-refractivity contribution in [3.63, 3.8) is 0 Å². The summed E-state index contributed by atoms with van der Waals surface area (Å²) in [6, 6.07) is -0.0623. The fraction of sp³-hybridized carbons (Fsp3) is 0.923. The molecule has 0 aromatic rings. The van der Waals surface area contributed by atoms with Gasteiger partial charge < -0.3 is 10.1 Å².